The van der Waals surface area contributed by atoms with Crippen molar-refractivity contribution in [1.29, 1.82) is 0 Å². The summed E-state index contributed by atoms with van der Waals surface area (Å²) in [5, 5.41) is 39.8. The third kappa shape index (κ3) is 11.7. The number of hydrogen-bond donors (Lipinski definition) is 4. The molecule has 0 amide bonds. The lowest BCUT2D eigenvalue weighted by molar-refractivity contribution is -0.121. The second-order valence-corrected chi connectivity index (χ2v) is 23.7. The van der Waals surface area contributed by atoms with Crippen LogP contribution in [0.1, 0.15) is 188 Å². The highest BCUT2D eigenvalue weighted by atomic mass is 35.5. The maximum Gasteiger partial charge on any atom is 0.339 e. The van der Waals surface area contributed by atoms with Gasteiger partial charge in [-0.3, -0.25) is 0 Å². The van der Waals surface area contributed by atoms with Crippen LogP contribution in [-0.4, -0.2) is 44.3 Å². The first-order valence-corrected chi connectivity index (χ1v) is 27.3. The second-order valence-electron chi connectivity index (χ2n) is 22.9. The standard InChI is InChI=1S/C61H72Cl2O10/c1-35(2)8-6-9-36(3)49-22-23-50-46-21-20-44-28-37(24-26-60(44,4)51(46)25-27-61(49,50)5)10-7-11-45(42-29-47(58(68)69)54(52(62)31-42)72-33-38-12-16-40(17-13-38)56(64)65)43-30-48(59(70)71)55(53(63)32-43)73-34-39-14-18-41(19-15-39)57(66)67/h11-19,29-32,35-37,44,46,49-51H,6-10,20-28,33-34H2,1-5H3,(H,64,65)(H,66,67)(H,68,69)(H,70,71)/t36?,37-,44?,46?,49+,50?,51?,60-,61+/m0/s1. The van der Waals surface area contributed by atoms with Crippen LogP contribution in [0, 0.1) is 58.2 Å². The number of carboxylic acid groups (broad SMARTS) is 4. The number of rotatable bonds is 20. The summed E-state index contributed by atoms with van der Waals surface area (Å²) < 4.78 is 12.0. The molecule has 0 aromatic heterocycles. The molecule has 4 aliphatic rings. The van der Waals surface area contributed by atoms with E-state index in [0.29, 0.717) is 56.9 Å². The maximum atomic E-state index is 12.9. The number of hydrogen-bond acceptors (Lipinski definition) is 6. The quantitative estimate of drug-likeness (QED) is 0.0669. The van der Waals surface area contributed by atoms with Crippen LogP contribution in [0.5, 0.6) is 11.5 Å². The van der Waals surface area contributed by atoms with E-state index in [-0.39, 0.29) is 57.0 Å². The van der Waals surface area contributed by atoms with Crippen LogP contribution >= 0.6 is 23.2 Å². The third-order valence-electron chi connectivity index (χ3n) is 18.2. The largest absolute Gasteiger partial charge is 0.486 e. The van der Waals surface area contributed by atoms with Crippen molar-refractivity contribution in [1.82, 2.24) is 0 Å². The molecule has 4 aliphatic carbocycles. The maximum absolute atomic E-state index is 12.9. The molecule has 0 aliphatic heterocycles. The van der Waals surface area contributed by atoms with Crippen molar-refractivity contribution in [2.45, 2.75) is 138 Å². The zero-order chi connectivity index (χ0) is 52.4. The first-order valence-electron chi connectivity index (χ1n) is 26.5. The lowest BCUT2D eigenvalue weighted by Gasteiger charge is -2.61. The summed E-state index contributed by atoms with van der Waals surface area (Å²) in [6.45, 7) is 12.4. The Labute approximate surface area is 440 Å². The number of benzene rings is 4. The van der Waals surface area contributed by atoms with Gasteiger partial charge in [-0.1, -0.05) is 107 Å². The van der Waals surface area contributed by atoms with Gasteiger partial charge in [0, 0.05) is 0 Å². The molecule has 4 N–H and O–H groups in total. The first kappa shape index (κ1) is 54.0. The zero-order valence-electron chi connectivity index (χ0n) is 42.9. The fourth-order valence-electron chi connectivity index (χ4n) is 14.4. The normalized spacial score (nSPS) is 25.7. The second kappa shape index (κ2) is 22.7. The molecule has 12 heteroatoms. The van der Waals surface area contributed by atoms with Crippen molar-refractivity contribution in [2.75, 3.05) is 0 Å². The van der Waals surface area contributed by atoms with E-state index in [1.165, 1.54) is 107 Å². The van der Waals surface area contributed by atoms with Crippen LogP contribution in [0.3, 0.4) is 0 Å². The molecule has 0 saturated heterocycles. The average Bonchev–Trinajstić information content (AvgIpc) is 3.71. The van der Waals surface area contributed by atoms with E-state index < -0.39 is 23.9 Å². The predicted octanol–water partition coefficient (Wildman–Crippen LogP) is 15.9. The summed E-state index contributed by atoms with van der Waals surface area (Å²) in [6.07, 6.45) is 19.3. The molecule has 0 radical (unpaired) electrons. The molecule has 4 saturated carbocycles. The number of fused-ring (bicyclic) bond motifs is 5. The Bertz CT molecular complexity index is 2580. The molecule has 8 rings (SSSR count). The Balaban J connectivity index is 1.03. The minimum Gasteiger partial charge on any atom is -0.486 e. The van der Waals surface area contributed by atoms with E-state index in [1.807, 2.05) is 6.08 Å². The molecular formula is C61H72Cl2O10. The lowest BCUT2D eigenvalue weighted by Crippen LogP contribution is -2.53. The Morgan fingerprint density at radius 1 is 0.630 bits per heavy atom. The van der Waals surface area contributed by atoms with Gasteiger partial charge in [0.25, 0.3) is 0 Å². The van der Waals surface area contributed by atoms with Gasteiger partial charge in [-0.15, -0.1) is 0 Å². The average molecular weight is 1040 g/mol. The monoisotopic (exact) mass is 1030 g/mol. The van der Waals surface area contributed by atoms with Crippen LogP contribution in [0.2, 0.25) is 10.0 Å². The van der Waals surface area contributed by atoms with Gasteiger partial charge >= 0.3 is 23.9 Å². The molecular weight excluding hydrogens is 964 g/mol. The minimum absolute atomic E-state index is 0.0239. The molecule has 73 heavy (non-hydrogen) atoms. The highest BCUT2D eigenvalue weighted by Crippen LogP contribution is 2.69. The number of carboxylic acids is 4. The highest BCUT2D eigenvalue weighted by Gasteiger charge is 2.60. The van der Waals surface area contributed by atoms with Crippen molar-refractivity contribution < 1.29 is 49.1 Å². The third-order valence-corrected chi connectivity index (χ3v) is 18.8. The number of aromatic carboxylic acids is 4. The molecule has 0 spiro atoms. The van der Waals surface area contributed by atoms with Gasteiger partial charge in [0.15, 0.2) is 11.5 Å². The van der Waals surface area contributed by atoms with Crippen molar-refractivity contribution in [2.24, 2.45) is 58.2 Å². The highest BCUT2D eigenvalue weighted by molar-refractivity contribution is 6.33. The van der Waals surface area contributed by atoms with E-state index in [1.54, 1.807) is 36.4 Å². The molecule has 0 heterocycles. The number of ether oxygens (including phenoxy) is 2. The van der Waals surface area contributed by atoms with Gasteiger partial charge in [0.05, 0.1) is 21.2 Å². The summed E-state index contributed by atoms with van der Waals surface area (Å²) in [5.41, 5.74) is 3.22. The van der Waals surface area contributed by atoms with E-state index in [2.05, 4.69) is 34.6 Å². The fraction of sp³-hybridized carbons (Fsp3) is 0.508. The van der Waals surface area contributed by atoms with Crippen LogP contribution < -0.4 is 9.47 Å². The Hall–Kier alpha value is -5.32. The summed E-state index contributed by atoms with van der Waals surface area (Å²) in [6, 6.07) is 18.3. The molecule has 390 valence electrons. The van der Waals surface area contributed by atoms with Crippen LogP contribution in [0.4, 0.5) is 0 Å². The van der Waals surface area contributed by atoms with Gasteiger partial charge in [0.2, 0.25) is 0 Å². The molecule has 4 fully saturated rings. The Kier molecular flexibility index (Phi) is 16.7. The molecule has 10 nitrogen and oxygen atoms in total. The van der Waals surface area contributed by atoms with E-state index in [9.17, 15) is 39.6 Å². The fourth-order valence-corrected chi connectivity index (χ4v) is 15.0. The van der Waals surface area contributed by atoms with Crippen LogP contribution in [0.25, 0.3) is 5.57 Å². The molecule has 0 bridgehead atoms. The van der Waals surface area contributed by atoms with Gasteiger partial charge in [-0.05, 0) is 205 Å². The van der Waals surface area contributed by atoms with Crippen molar-refractivity contribution in [3.8, 4) is 11.5 Å². The van der Waals surface area contributed by atoms with E-state index in [0.717, 1.165) is 48.3 Å². The molecule has 9 atom stereocenters. The minimum atomic E-state index is -1.29. The van der Waals surface area contributed by atoms with Crippen LogP contribution in [0.15, 0.2) is 78.9 Å². The number of allylic oxidation sites excluding steroid dienone is 1. The van der Waals surface area contributed by atoms with Crippen molar-refractivity contribution in [3.63, 3.8) is 0 Å². The van der Waals surface area contributed by atoms with Gasteiger partial charge in [-0.2, -0.15) is 0 Å². The van der Waals surface area contributed by atoms with Crippen molar-refractivity contribution in [3.05, 3.63) is 133 Å². The summed E-state index contributed by atoms with van der Waals surface area (Å²) >= 11 is 13.8. The summed E-state index contributed by atoms with van der Waals surface area (Å²) in [4.78, 5) is 48.7. The smallest absolute Gasteiger partial charge is 0.339 e. The van der Waals surface area contributed by atoms with Gasteiger partial charge < -0.3 is 29.9 Å². The topological polar surface area (TPSA) is 168 Å². The lowest BCUT2D eigenvalue weighted by atomic mass is 9.44. The zero-order valence-corrected chi connectivity index (χ0v) is 44.4. The van der Waals surface area contributed by atoms with E-state index in [4.69, 9.17) is 32.7 Å². The molecule has 5 unspecified atom stereocenters. The van der Waals surface area contributed by atoms with Gasteiger partial charge in [0.1, 0.15) is 24.3 Å². The summed E-state index contributed by atoms with van der Waals surface area (Å²) in [5.74, 6) is 1.18. The number of carbonyl (C=O) groups is 4. The SMILES string of the molecule is CC(C)CCCC(C)[C@H]1CCC2C3CCC4C[C@@H](CCC=C(c5cc(Cl)c(OCc6ccc(C(=O)O)cc6)c(C(=O)O)c5)c5cc(Cl)c(OCc6ccc(C(=O)O)cc6)c(C(=O)O)c5)CC[C@]4(C)C3CC[C@@]21C. The van der Waals surface area contributed by atoms with Crippen LogP contribution in [-0.2, 0) is 13.2 Å². The Morgan fingerprint density at radius 2 is 1.15 bits per heavy atom. The first-order chi connectivity index (χ1) is 34.8. The molecule has 4 aromatic rings. The predicted molar refractivity (Wildman–Crippen MR) is 285 cm³/mol. The van der Waals surface area contributed by atoms with Gasteiger partial charge in [-0.25, -0.2) is 19.2 Å². The Morgan fingerprint density at radius 3 is 1.66 bits per heavy atom. The molecule has 4 aromatic carbocycles. The number of halogens is 2. The van der Waals surface area contributed by atoms with Crippen molar-refractivity contribution >= 4 is 52.7 Å². The van der Waals surface area contributed by atoms with E-state index >= 15 is 0 Å². The summed E-state index contributed by atoms with van der Waals surface area (Å²) in [7, 11) is 0.